The largest absolute Gasteiger partial charge is 0.512 e. The molecule has 0 aliphatic heterocycles. The highest BCUT2D eigenvalue weighted by Gasteiger charge is 2.40. The molecule has 236 valence electrons. The quantitative estimate of drug-likeness (QED) is 0.128. The Morgan fingerprint density at radius 2 is 1.64 bits per heavy atom. The minimum atomic E-state index is -0.891. The summed E-state index contributed by atoms with van der Waals surface area (Å²) in [6, 6.07) is 18.9. The topological polar surface area (TPSA) is 137 Å². The summed E-state index contributed by atoms with van der Waals surface area (Å²) in [7, 11) is 2.79. The molecule has 0 heterocycles. The third-order valence-electron chi connectivity index (χ3n) is 8.17. The number of thioether (sulfide) groups is 1. The fourth-order valence-corrected chi connectivity index (χ4v) is 7.42. The first kappa shape index (κ1) is 31.9. The molecule has 2 N–H and O–H groups in total. The van der Waals surface area contributed by atoms with Gasteiger partial charge in [0.05, 0.1) is 41.6 Å². The van der Waals surface area contributed by atoms with E-state index < -0.39 is 21.7 Å². The number of methoxy groups -OCH3 is 2. The van der Waals surface area contributed by atoms with Gasteiger partial charge in [-0.3, -0.25) is 14.9 Å². The highest BCUT2D eigenvalue weighted by molar-refractivity contribution is 7.99. The van der Waals surface area contributed by atoms with Crippen LogP contribution in [0.4, 0.5) is 10.5 Å². The first-order chi connectivity index (χ1) is 21.5. The van der Waals surface area contributed by atoms with Gasteiger partial charge in [0.2, 0.25) is 0 Å². The number of alkyl carbamates (subject to hydrolysis) is 1. The molecule has 0 saturated carbocycles. The number of nitrogens with zero attached hydrogens (tertiary/aromatic N) is 1. The minimum absolute atomic E-state index is 0.0796. The molecule has 2 aliphatic carbocycles. The van der Waals surface area contributed by atoms with E-state index in [9.17, 15) is 24.8 Å². The highest BCUT2D eigenvalue weighted by atomic mass is 32.2. The zero-order valence-corrected chi connectivity index (χ0v) is 26.4. The number of benzene rings is 3. The number of carbonyl (C=O) groups is 2. The monoisotopic (exact) mass is 632 g/mol. The van der Waals surface area contributed by atoms with Gasteiger partial charge in [-0.2, -0.15) is 0 Å². The van der Waals surface area contributed by atoms with Gasteiger partial charge >= 0.3 is 6.09 Å². The van der Waals surface area contributed by atoms with E-state index in [2.05, 4.69) is 17.4 Å². The fourth-order valence-electron chi connectivity index (χ4n) is 6.16. The van der Waals surface area contributed by atoms with E-state index in [0.717, 1.165) is 22.3 Å². The molecule has 45 heavy (non-hydrogen) atoms. The number of nitro groups is 1. The minimum Gasteiger partial charge on any atom is -0.512 e. The Balaban J connectivity index is 1.31. The average Bonchev–Trinajstić information content (AvgIpc) is 3.33. The lowest BCUT2D eigenvalue weighted by Gasteiger charge is -2.32. The molecular formula is C34H36N2O8S. The van der Waals surface area contributed by atoms with E-state index in [1.54, 1.807) is 0 Å². The van der Waals surface area contributed by atoms with E-state index in [4.69, 9.17) is 14.2 Å². The van der Waals surface area contributed by atoms with Crippen molar-refractivity contribution < 1.29 is 33.8 Å². The fraction of sp³-hybridized carbons (Fsp3) is 0.353. The van der Waals surface area contributed by atoms with Crippen LogP contribution in [0.2, 0.25) is 0 Å². The van der Waals surface area contributed by atoms with Gasteiger partial charge < -0.3 is 24.6 Å². The Bertz CT molecular complexity index is 1620. The lowest BCUT2D eigenvalue weighted by atomic mass is 9.75. The number of nitro benzene ring substituents is 1. The van der Waals surface area contributed by atoms with Crippen LogP contribution < -0.4 is 14.8 Å². The van der Waals surface area contributed by atoms with Gasteiger partial charge in [-0.25, -0.2) is 4.79 Å². The number of carbonyl (C=O) groups excluding carboxylic acids is 2. The summed E-state index contributed by atoms with van der Waals surface area (Å²) >= 11 is 1.21. The average molecular weight is 633 g/mol. The van der Waals surface area contributed by atoms with Crippen molar-refractivity contribution >= 4 is 29.3 Å². The molecular weight excluding hydrogens is 596 g/mol. The van der Waals surface area contributed by atoms with Gasteiger partial charge in [0, 0.05) is 31.1 Å². The molecule has 1 atom stereocenters. The smallest absolute Gasteiger partial charge is 0.407 e. The third kappa shape index (κ3) is 6.63. The number of ketones is 1. The van der Waals surface area contributed by atoms with Gasteiger partial charge in [0.15, 0.2) is 17.3 Å². The molecule has 0 saturated heterocycles. The second-order valence-electron chi connectivity index (χ2n) is 11.8. The van der Waals surface area contributed by atoms with Gasteiger partial charge in [-0.05, 0) is 33.7 Å². The van der Waals surface area contributed by atoms with E-state index in [1.165, 1.54) is 38.1 Å². The third-order valence-corrected chi connectivity index (χ3v) is 9.43. The summed E-state index contributed by atoms with van der Waals surface area (Å²) in [4.78, 5) is 37.7. The lowest BCUT2D eigenvalue weighted by molar-refractivity contribution is -0.385. The van der Waals surface area contributed by atoms with E-state index in [-0.39, 0.29) is 77.5 Å². The summed E-state index contributed by atoms with van der Waals surface area (Å²) in [5.74, 6) is 0.238. The second-order valence-corrected chi connectivity index (χ2v) is 13.0. The van der Waals surface area contributed by atoms with E-state index >= 15 is 0 Å². The molecule has 3 aromatic carbocycles. The van der Waals surface area contributed by atoms with Gasteiger partial charge in [-0.15, -0.1) is 11.8 Å². The molecule has 1 amide bonds. The van der Waals surface area contributed by atoms with Crippen LogP contribution >= 0.6 is 11.8 Å². The second kappa shape index (κ2) is 13.2. The van der Waals surface area contributed by atoms with Crippen molar-refractivity contribution in [3.63, 3.8) is 0 Å². The van der Waals surface area contributed by atoms with Crippen LogP contribution in [-0.2, 0) is 9.53 Å². The van der Waals surface area contributed by atoms with Crippen LogP contribution in [0.3, 0.4) is 0 Å². The van der Waals surface area contributed by atoms with Crippen LogP contribution in [0.5, 0.6) is 11.5 Å². The molecule has 0 bridgehead atoms. The van der Waals surface area contributed by atoms with Crippen LogP contribution in [0.25, 0.3) is 11.1 Å². The molecule has 2 aliphatic rings. The number of hydrogen-bond acceptors (Lipinski definition) is 9. The summed E-state index contributed by atoms with van der Waals surface area (Å²) in [6.45, 7) is 4.10. The Labute approximate surface area is 265 Å². The molecule has 3 aromatic rings. The maximum Gasteiger partial charge on any atom is 0.407 e. The zero-order chi connectivity index (χ0) is 32.3. The lowest BCUT2D eigenvalue weighted by Crippen LogP contribution is -2.30. The first-order valence-electron chi connectivity index (χ1n) is 14.6. The van der Waals surface area contributed by atoms with Gasteiger partial charge in [0.25, 0.3) is 5.69 Å². The number of Topliss-reactive ketones (excluding diaryl/α,β-unsaturated/α-hetero) is 1. The molecule has 5 rings (SSSR count). The maximum absolute atomic E-state index is 13.4. The highest BCUT2D eigenvalue weighted by Crippen LogP contribution is 2.49. The van der Waals surface area contributed by atoms with Gasteiger partial charge in [0.1, 0.15) is 12.4 Å². The van der Waals surface area contributed by atoms with E-state index in [0.29, 0.717) is 0 Å². The molecule has 0 fully saturated rings. The summed E-state index contributed by atoms with van der Waals surface area (Å²) < 4.78 is 16.3. The molecule has 0 aromatic heterocycles. The Hall–Kier alpha value is -4.51. The molecule has 0 spiro atoms. The Morgan fingerprint density at radius 3 is 2.22 bits per heavy atom. The Kier molecular flexibility index (Phi) is 9.38. The normalized spacial score (nSPS) is 16.0. The molecule has 1 unspecified atom stereocenters. The van der Waals surface area contributed by atoms with Crippen molar-refractivity contribution in [3.8, 4) is 22.6 Å². The number of rotatable bonds is 11. The first-order valence-corrected chi connectivity index (χ1v) is 15.7. The number of aliphatic hydroxyl groups excluding tert-OH is 1. The number of hydrogen-bond donors (Lipinski definition) is 2. The molecule has 11 heteroatoms. The van der Waals surface area contributed by atoms with E-state index in [1.807, 2.05) is 50.2 Å². The Morgan fingerprint density at radius 1 is 1.04 bits per heavy atom. The van der Waals surface area contributed by atoms with Crippen LogP contribution in [0, 0.1) is 15.5 Å². The molecule has 0 radical (unpaired) electrons. The van der Waals surface area contributed by atoms with Crippen molar-refractivity contribution in [1.29, 1.82) is 0 Å². The maximum atomic E-state index is 13.4. The van der Waals surface area contributed by atoms with Gasteiger partial charge in [-0.1, -0.05) is 62.4 Å². The predicted octanol–water partition coefficient (Wildman–Crippen LogP) is 7.13. The van der Waals surface area contributed by atoms with Crippen molar-refractivity contribution in [2.75, 3.05) is 33.1 Å². The van der Waals surface area contributed by atoms with Crippen molar-refractivity contribution in [2.45, 2.75) is 37.9 Å². The standard InChI is InChI=1S/C34H36N2O8S/c1-34(2)17-27(37)31(28(38)18-34)32(24-15-29(42-3)30(43-4)16-26(24)36(40)41)45-14-13-35-33(39)44-19-25-22-11-7-5-9-20(22)21-10-6-8-12-23(21)25/h5-12,15-16,25,32,37H,13-14,17-19H2,1-4H3,(H,35,39). The van der Waals surface area contributed by atoms with Crippen molar-refractivity contribution in [3.05, 3.63) is 98.8 Å². The number of nitrogens with one attached hydrogen (secondary N) is 1. The summed E-state index contributed by atoms with van der Waals surface area (Å²) in [5, 5.41) is 25.1. The van der Waals surface area contributed by atoms with Crippen LogP contribution in [0.1, 0.15) is 54.5 Å². The van der Waals surface area contributed by atoms with Crippen molar-refractivity contribution in [1.82, 2.24) is 5.32 Å². The zero-order valence-electron chi connectivity index (χ0n) is 25.6. The van der Waals surface area contributed by atoms with Crippen LogP contribution in [-0.4, -0.2) is 55.0 Å². The summed E-state index contributed by atoms with van der Waals surface area (Å²) in [5.41, 5.74) is 4.07. The predicted molar refractivity (Wildman–Crippen MR) is 172 cm³/mol. The van der Waals surface area contributed by atoms with Crippen LogP contribution in [0.15, 0.2) is 72.0 Å². The molecule has 10 nitrogen and oxygen atoms in total. The summed E-state index contributed by atoms with van der Waals surface area (Å²) in [6.07, 6.45) is -0.157. The number of allylic oxidation sites excluding steroid dienone is 1. The number of fused-ring (bicyclic) bond motifs is 3. The van der Waals surface area contributed by atoms with Crippen molar-refractivity contribution in [2.24, 2.45) is 5.41 Å². The number of aliphatic hydroxyl groups is 1. The SMILES string of the molecule is COc1cc(C(SCCNC(=O)OCC2c3ccccc3-c3ccccc32)C2=C(O)CC(C)(C)CC2=O)c([N+](=O)[O-])cc1OC. The number of ether oxygens (including phenoxy) is 3. The number of amides is 1.